The molecule has 1 fully saturated rings. The molecule has 10 heavy (non-hydrogen) atoms. The molecule has 0 bridgehead atoms. The average molecular weight is 138 g/mol. The van der Waals surface area contributed by atoms with Crippen molar-refractivity contribution in [3.8, 4) is 0 Å². The zero-order chi connectivity index (χ0) is 7.94. The summed E-state index contributed by atoms with van der Waals surface area (Å²) < 4.78 is 0. The molecule has 1 saturated carbocycles. The highest BCUT2D eigenvalue weighted by Gasteiger charge is 2.50. The van der Waals surface area contributed by atoms with Crippen molar-refractivity contribution in [1.82, 2.24) is 0 Å². The maximum Gasteiger partial charge on any atom is 0.130 e. The lowest BCUT2D eigenvalue weighted by atomic mass is 10.1. The first-order valence-electron chi connectivity index (χ1n) is 3.65. The Balaban J connectivity index is 2.50. The molecule has 0 aromatic carbocycles. The minimum atomic E-state index is 0.242. The first-order valence-corrected chi connectivity index (χ1v) is 3.65. The Morgan fingerprint density at radius 1 is 1.70 bits per heavy atom. The predicted octanol–water partition coefficient (Wildman–Crippen LogP) is 2.18. The van der Waals surface area contributed by atoms with Gasteiger partial charge in [-0.05, 0) is 18.3 Å². The molecule has 0 spiro atoms. The monoisotopic (exact) mass is 138 g/mol. The minimum absolute atomic E-state index is 0.242. The van der Waals surface area contributed by atoms with E-state index in [0.717, 1.165) is 0 Å². The second kappa shape index (κ2) is 1.94. The van der Waals surface area contributed by atoms with E-state index in [-0.39, 0.29) is 11.2 Å². The van der Waals surface area contributed by atoms with Gasteiger partial charge in [0, 0.05) is 6.42 Å². The van der Waals surface area contributed by atoms with Crippen molar-refractivity contribution in [3.63, 3.8) is 0 Å². The third-order valence-corrected chi connectivity index (χ3v) is 2.53. The van der Waals surface area contributed by atoms with Gasteiger partial charge in [0.2, 0.25) is 0 Å². The topological polar surface area (TPSA) is 17.1 Å². The molecule has 0 N–H and O–H groups in total. The summed E-state index contributed by atoms with van der Waals surface area (Å²) in [6.45, 7) is 9.83. The van der Waals surface area contributed by atoms with Crippen LogP contribution in [0, 0.1) is 11.3 Å². The SMILES string of the molecule is C=C1[C@@H](CC(C)=O)C1(C)C. The van der Waals surface area contributed by atoms with E-state index in [1.54, 1.807) is 6.92 Å². The van der Waals surface area contributed by atoms with Gasteiger partial charge in [-0.15, -0.1) is 0 Å². The van der Waals surface area contributed by atoms with E-state index in [1.165, 1.54) is 5.57 Å². The summed E-state index contributed by atoms with van der Waals surface area (Å²) in [5, 5.41) is 0. The number of hydrogen-bond donors (Lipinski definition) is 0. The van der Waals surface area contributed by atoms with Crippen LogP contribution in [0.1, 0.15) is 27.2 Å². The lowest BCUT2D eigenvalue weighted by molar-refractivity contribution is -0.117. The number of allylic oxidation sites excluding steroid dienone is 1. The first kappa shape index (κ1) is 7.52. The van der Waals surface area contributed by atoms with Gasteiger partial charge in [0.1, 0.15) is 5.78 Å². The summed E-state index contributed by atoms with van der Waals surface area (Å²) in [4.78, 5) is 10.7. The van der Waals surface area contributed by atoms with Crippen molar-refractivity contribution in [2.75, 3.05) is 0 Å². The number of rotatable bonds is 2. The van der Waals surface area contributed by atoms with Crippen LogP contribution < -0.4 is 0 Å². The summed E-state index contributed by atoms with van der Waals surface area (Å²) in [7, 11) is 0. The molecule has 1 aliphatic rings. The van der Waals surface area contributed by atoms with Crippen molar-refractivity contribution >= 4 is 5.78 Å². The molecular formula is C9H14O. The smallest absolute Gasteiger partial charge is 0.130 e. The van der Waals surface area contributed by atoms with Gasteiger partial charge in [-0.1, -0.05) is 26.0 Å². The fraction of sp³-hybridized carbons (Fsp3) is 0.667. The summed E-state index contributed by atoms with van der Waals surface area (Å²) in [6.07, 6.45) is 0.686. The predicted molar refractivity (Wildman–Crippen MR) is 41.7 cm³/mol. The van der Waals surface area contributed by atoms with Gasteiger partial charge in [0.15, 0.2) is 0 Å². The molecule has 0 saturated heterocycles. The van der Waals surface area contributed by atoms with Gasteiger partial charge in [-0.3, -0.25) is 0 Å². The van der Waals surface area contributed by atoms with Crippen LogP contribution in [-0.4, -0.2) is 5.78 Å². The number of hydrogen-bond acceptors (Lipinski definition) is 1. The molecular weight excluding hydrogens is 124 g/mol. The maximum absolute atomic E-state index is 10.7. The zero-order valence-electron chi connectivity index (χ0n) is 6.90. The van der Waals surface area contributed by atoms with Crippen molar-refractivity contribution in [3.05, 3.63) is 12.2 Å². The van der Waals surface area contributed by atoms with Gasteiger partial charge >= 0.3 is 0 Å². The number of carbonyl (C=O) groups is 1. The van der Waals surface area contributed by atoms with Crippen molar-refractivity contribution < 1.29 is 4.79 Å². The molecule has 1 aliphatic carbocycles. The number of Topliss-reactive ketones (excluding diaryl/α,β-unsaturated/α-hetero) is 1. The van der Waals surface area contributed by atoms with E-state index in [9.17, 15) is 4.79 Å². The van der Waals surface area contributed by atoms with Crippen LogP contribution in [0.25, 0.3) is 0 Å². The Morgan fingerprint density at radius 3 is 2.20 bits per heavy atom. The molecule has 1 rings (SSSR count). The molecule has 0 radical (unpaired) electrons. The molecule has 0 unspecified atom stereocenters. The highest BCUT2D eigenvalue weighted by molar-refractivity contribution is 5.77. The first-order chi connectivity index (χ1) is 4.46. The van der Waals surface area contributed by atoms with Crippen LogP contribution in [0.15, 0.2) is 12.2 Å². The molecule has 0 heterocycles. The molecule has 0 aliphatic heterocycles. The van der Waals surface area contributed by atoms with Crippen LogP contribution in [0.2, 0.25) is 0 Å². The summed E-state index contributed by atoms with van der Waals surface area (Å²) in [5.74, 6) is 0.738. The zero-order valence-corrected chi connectivity index (χ0v) is 6.90. The van der Waals surface area contributed by atoms with Gasteiger partial charge in [-0.2, -0.15) is 0 Å². The van der Waals surface area contributed by atoms with E-state index in [1.807, 2.05) is 0 Å². The van der Waals surface area contributed by atoms with Crippen molar-refractivity contribution in [2.45, 2.75) is 27.2 Å². The number of ketones is 1. The fourth-order valence-electron chi connectivity index (χ4n) is 1.40. The van der Waals surface area contributed by atoms with E-state index < -0.39 is 0 Å². The Hall–Kier alpha value is -0.590. The van der Waals surface area contributed by atoms with Crippen LogP contribution in [0.4, 0.5) is 0 Å². The molecule has 0 aromatic heterocycles. The molecule has 0 aromatic rings. The third-order valence-electron chi connectivity index (χ3n) is 2.53. The Morgan fingerprint density at radius 2 is 2.10 bits per heavy atom. The quantitative estimate of drug-likeness (QED) is 0.534. The van der Waals surface area contributed by atoms with Crippen LogP contribution in [0.5, 0.6) is 0 Å². The lowest BCUT2D eigenvalue weighted by Crippen LogP contribution is -1.96. The molecule has 0 amide bonds. The van der Waals surface area contributed by atoms with Gasteiger partial charge < -0.3 is 4.79 Å². The van der Waals surface area contributed by atoms with E-state index >= 15 is 0 Å². The summed E-state index contributed by atoms with van der Waals surface area (Å²) in [5.41, 5.74) is 1.48. The molecule has 1 atom stereocenters. The van der Waals surface area contributed by atoms with E-state index in [2.05, 4.69) is 20.4 Å². The largest absolute Gasteiger partial charge is 0.300 e. The van der Waals surface area contributed by atoms with Crippen molar-refractivity contribution in [2.24, 2.45) is 11.3 Å². The second-order valence-electron chi connectivity index (χ2n) is 3.71. The van der Waals surface area contributed by atoms with Gasteiger partial charge in [0.05, 0.1) is 0 Å². The fourth-order valence-corrected chi connectivity index (χ4v) is 1.40. The summed E-state index contributed by atoms with van der Waals surface area (Å²) >= 11 is 0. The Bertz CT molecular complexity index is 189. The maximum atomic E-state index is 10.7. The van der Waals surface area contributed by atoms with Crippen LogP contribution in [-0.2, 0) is 4.79 Å². The normalized spacial score (nSPS) is 28.3. The highest BCUT2D eigenvalue weighted by atomic mass is 16.1. The lowest BCUT2D eigenvalue weighted by Gasteiger charge is -1.96. The molecule has 56 valence electrons. The standard InChI is InChI=1S/C9H14O/c1-6(10)5-8-7(2)9(8,3)4/h8H,2,5H2,1,3-4H3/t8-/m1/s1. The highest BCUT2D eigenvalue weighted by Crippen LogP contribution is 2.58. The van der Waals surface area contributed by atoms with E-state index in [4.69, 9.17) is 0 Å². The van der Waals surface area contributed by atoms with Gasteiger partial charge in [-0.25, -0.2) is 0 Å². The molecule has 1 nitrogen and oxygen atoms in total. The summed E-state index contributed by atoms with van der Waals surface area (Å²) in [6, 6.07) is 0. The number of carbonyl (C=O) groups excluding carboxylic acids is 1. The second-order valence-corrected chi connectivity index (χ2v) is 3.71. The van der Waals surface area contributed by atoms with Crippen LogP contribution >= 0.6 is 0 Å². The Kier molecular flexibility index (Phi) is 1.46. The van der Waals surface area contributed by atoms with Crippen molar-refractivity contribution in [1.29, 1.82) is 0 Å². The van der Waals surface area contributed by atoms with Crippen LogP contribution in [0.3, 0.4) is 0 Å². The third kappa shape index (κ3) is 1.00. The minimum Gasteiger partial charge on any atom is -0.300 e. The van der Waals surface area contributed by atoms with E-state index in [0.29, 0.717) is 12.3 Å². The average Bonchev–Trinajstić information content (AvgIpc) is 2.17. The molecule has 1 heteroatoms. The Labute approximate surface area is 62.1 Å². The van der Waals surface area contributed by atoms with Gasteiger partial charge in [0.25, 0.3) is 0 Å².